The lowest BCUT2D eigenvalue weighted by Crippen LogP contribution is -2.44. The number of nitriles is 1. The van der Waals surface area contributed by atoms with Crippen LogP contribution in [0.15, 0.2) is 53.5 Å². The molecule has 30 heavy (non-hydrogen) atoms. The third kappa shape index (κ3) is 3.45. The van der Waals surface area contributed by atoms with Crippen LogP contribution in [0.2, 0.25) is 5.02 Å². The van der Waals surface area contributed by atoms with Crippen LogP contribution in [0.3, 0.4) is 0 Å². The number of amides is 1. The molecule has 1 aromatic heterocycles. The topological polar surface area (TPSA) is 69.3 Å². The van der Waals surface area contributed by atoms with Gasteiger partial charge in [0.15, 0.2) is 5.11 Å². The van der Waals surface area contributed by atoms with Gasteiger partial charge in [-0.15, -0.1) is 0 Å². The number of carbonyl (C=O) groups excluding carboxylic acids is 1. The highest BCUT2D eigenvalue weighted by molar-refractivity contribution is 7.81. The summed E-state index contributed by atoms with van der Waals surface area (Å²) in [6, 6.07) is 14.3. The van der Waals surface area contributed by atoms with Crippen LogP contribution in [-0.4, -0.2) is 22.1 Å². The van der Waals surface area contributed by atoms with Crippen molar-refractivity contribution in [2.45, 2.75) is 12.8 Å². The average Bonchev–Trinajstić information content (AvgIpc) is 2.88. The van der Waals surface area contributed by atoms with Crippen molar-refractivity contribution in [2.75, 3.05) is 16.3 Å². The van der Waals surface area contributed by atoms with E-state index >= 15 is 0 Å². The number of pyridine rings is 1. The highest BCUT2D eigenvalue weighted by Crippen LogP contribution is 2.29. The molecule has 4 rings (SSSR count). The number of benzene rings is 2. The molecule has 2 heterocycles. The fourth-order valence-electron chi connectivity index (χ4n) is 3.54. The first-order valence-corrected chi connectivity index (χ1v) is 10.1. The Morgan fingerprint density at radius 1 is 1.10 bits per heavy atom. The number of halogens is 1. The largest absolute Gasteiger partial charge is 0.318 e. The highest BCUT2D eigenvalue weighted by Gasteiger charge is 2.29. The maximum absolute atomic E-state index is 12.8. The lowest BCUT2D eigenvalue weighted by atomic mass is 10.1. The van der Waals surface area contributed by atoms with E-state index in [0.717, 1.165) is 11.1 Å². The Morgan fingerprint density at radius 3 is 2.60 bits per heavy atom. The Hall–Kier alpha value is -3.21. The molecule has 1 aliphatic rings. The van der Waals surface area contributed by atoms with E-state index in [4.69, 9.17) is 29.1 Å². The Labute approximate surface area is 183 Å². The molecule has 1 amide bonds. The van der Waals surface area contributed by atoms with Gasteiger partial charge in [0.05, 0.1) is 16.3 Å². The molecule has 0 N–H and O–H groups in total. The standard InChI is InChI=1S/C22H17ClN4O2S/c1-25-10-8-14-4-6-16(11-18(14)21(25)29)26-9-2-3-20(28)27(22(26)30)17-7-5-15(13-24)19(23)12-17/h4-8,10-12H,2-3,9H2,1H3. The molecular formula is C22H17ClN4O2S. The number of hydrogen-bond donors (Lipinski definition) is 0. The molecule has 6 nitrogen and oxygen atoms in total. The minimum atomic E-state index is -0.139. The van der Waals surface area contributed by atoms with Crippen LogP contribution in [0.5, 0.6) is 0 Å². The zero-order valence-corrected chi connectivity index (χ0v) is 17.7. The van der Waals surface area contributed by atoms with Crippen molar-refractivity contribution in [3.8, 4) is 6.07 Å². The molecule has 150 valence electrons. The molecule has 1 fully saturated rings. The van der Waals surface area contributed by atoms with Crippen LogP contribution >= 0.6 is 23.8 Å². The molecule has 0 aliphatic carbocycles. The zero-order valence-electron chi connectivity index (χ0n) is 16.1. The number of hydrogen-bond acceptors (Lipinski definition) is 4. The summed E-state index contributed by atoms with van der Waals surface area (Å²) in [4.78, 5) is 28.7. The first kappa shape index (κ1) is 20.1. The van der Waals surface area contributed by atoms with Gasteiger partial charge < -0.3 is 9.47 Å². The van der Waals surface area contributed by atoms with E-state index in [1.54, 1.807) is 31.4 Å². The second kappa shape index (κ2) is 7.90. The molecule has 1 saturated heterocycles. The summed E-state index contributed by atoms with van der Waals surface area (Å²) >= 11 is 11.9. The van der Waals surface area contributed by atoms with Crippen LogP contribution in [-0.2, 0) is 11.8 Å². The van der Waals surface area contributed by atoms with Crippen molar-refractivity contribution in [3.05, 3.63) is 69.6 Å². The van der Waals surface area contributed by atoms with E-state index in [1.807, 2.05) is 35.2 Å². The molecule has 3 aromatic rings. The number of thiocarbonyl (C=S) groups is 1. The predicted octanol–water partition coefficient (Wildman–Crippen LogP) is 3.98. The average molecular weight is 437 g/mol. The molecule has 0 radical (unpaired) electrons. The number of aryl methyl sites for hydroxylation is 1. The van der Waals surface area contributed by atoms with Gasteiger partial charge in [-0.3, -0.25) is 14.5 Å². The fourth-order valence-corrected chi connectivity index (χ4v) is 4.16. The van der Waals surface area contributed by atoms with E-state index < -0.39 is 0 Å². The van der Waals surface area contributed by atoms with Crippen molar-refractivity contribution >= 4 is 57.0 Å². The van der Waals surface area contributed by atoms with Crippen molar-refractivity contribution < 1.29 is 4.79 Å². The molecule has 0 spiro atoms. The fraction of sp³-hybridized carbons (Fsp3) is 0.182. The Morgan fingerprint density at radius 2 is 1.87 bits per heavy atom. The van der Waals surface area contributed by atoms with E-state index in [1.165, 1.54) is 9.47 Å². The van der Waals surface area contributed by atoms with Gasteiger partial charge in [-0.2, -0.15) is 5.26 Å². The Bertz CT molecular complexity index is 1290. The number of rotatable bonds is 2. The minimum absolute atomic E-state index is 0.0955. The van der Waals surface area contributed by atoms with E-state index in [2.05, 4.69) is 0 Å². The highest BCUT2D eigenvalue weighted by atomic mass is 35.5. The van der Waals surface area contributed by atoms with Crippen LogP contribution in [0, 0.1) is 11.3 Å². The summed E-state index contributed by atoms with van der Waals surface area (Å²) in [5, 5.41) is 11.1. The van der Waals surface area contributed by atoms with E-state index in [9.17, 15) is 9.59 Å². The normalized spacial score (nSPS) is 14.7. The van der Waals surface area contributed by atoms with Gasteiger partial charge in [0.2, 0.25) is 5.91 Å². The van der Waals surface area contributed by atoms with Crippen LogP contribution in [0.1, 0.15) is 18.4 Å². The summed E-state index contributed by atoms with van der Waals surface area (Å²) < 4.78 is 1.53. The zero-order chi connectivity index (χ0) is 21.4. The summed E-state index contributed by atoms with van der Waals surface area (Å²) in [7, 11) is 1.71. The second-order valence-electron chi connectivity index (χ2n) is 7.05. The van der Waals surface area contributed by atoms with Crippen molar-refractivity contribution in [3.63, 3.8) is 0 Å². The van der Waals surface area contributed by atoms with Crippen molar-refractivity contribution in [1.29, 1.82) is 5.26 Å². The number of carbonyl (C=O) groups is 1. The van der Waals surface area contributed by atoms with Crippen molar-refractivity contribution in [2.24, 2.45) is 7.05 Å². The summed E-state index contributed by atoms with van der Waals surface area (Å²) in [5.74, 6) is -0.139. The predicted molar refractivity (Wildman–Crippen MR) is 122 cm³/mol. The van der Waals surface area contributed by atoms with E-state index in [-0.39, 0.29) is 16.5 Å². The molecule has 0 bridgehead atoms. The number of nitrogens with zero attached hydrogens (tertiary/aromatic N) is 4. The van der Waals surface area contributed by atoms with Crippen molar-refractivity contribution in [1.82, 2.24) is 4.57 Å². The van der Waals surface area contributed by atoms with Gasteiger partial charge in [-0.05, 0) is 60.4 Å². The van der Waals surface area contributed by atoms with Gasteiger partial charge in [-0.25, -0.2) is 0 Å². The van der Waals surface area contributed by atoms with E-state index in [0.29, 0.717) is 41.1 Å². The lowest BCUT2D eigenvalue weighted by molar-refractivity contribution is -0.117. The lowest BCUT2D eigenvalue weighted by Gasteiger charge is -2.30. The Kier molecular flexibility index (Phi) is 5.29. The van der Waals surface area contributed by atoms with Crippen LogP contribution in [0.25, 0.3) is 10.8 Å². The quantitative estimate of drug-likeness (QED) is 0.568. The maximum Gasteiger partial charge on any atom is 0.258 e. The van der Waals surface area contributed by atoms with Gasteiger partial charge in [0, 0.05) is 37.3 Å². The molecule has 0 atom stereocenters. The van der Waals surface area contributed by atoms with Gasteiger partial charge in [0.25, 0.3) is 5.56 Å². The molecule has 8 heteroatoms. The first-order valence-electron chi connectivity index (χ1n) is 9.34. The SMILES string of the molecule is Cn1ccc2ccc(N3CCCC(=O)N(c4ccc(C#N)c(Cl)c4)C3=S)cc2c1=O. The molecular weight excluding hydrogens is 420 g/mol. The molecule has 0 unspecified atom stereocenters. The van der Waals surface area contributed by atoms with Crippen LogP contribution in [0.4, 0.5) is 11.4 Å². The summed E-state index contributed by atoms with van der Waals surface area (Å²) in [6.45, 7) is 0.545. The third-order valence-electron chi connectivity index (χ3n) is 5.15. The smallest absolute Gasteiger partial charge is 0.258 e. The molecule has 0 saturated carbocycles. The molecule has 1 aliphatic heterocycles. The Balaban J connectivity index is 1.79. The summed E-state index contributed by atoms with van der Waals surface area (Å²) in [5.41, 5.74) is 1.49. The second-order valence-corrected chi connectivity index (χ2v) is 7.82. The van der Waals surface area contributed by atoms with Gasteiger partial charge in [0.1, 0.15) is 6.07 Å². The van der Waals surface area contributed by atoms with Gasteiger partial charge in [-0.1, -0.05) is 17.7 Å². The summed E-state index contributed by atoms with van der Waals surface area (Å²) in [6.07, 6.45) is 2.67. The maximum atomic E-state index is 12.8. The minimum Gasteiger partial charge on any atom is -0.318 e. The number of aromatic nitrogens is 1. The molecule has 2 aromatic carbocycles. The monoisotopic (exact) mass is 436 g/mol. The number of fused-ring (bicyclic) bond motifs is 1. The van der Waals surface area contributed by atoms with Gasteiger partial charge >= 0.3 is 0 Å². The first-order chi connectivity index (χ1) is 14.4. The third-order valence-corrected chi connectivity index (χ3v) is 5.87. The van der Waals surface area contributed by atoms with Crippen LogP contribution < -0.4 is 15.4 Å². The number of anilines is 2.